The highest BCUT2D eigenvalue weighted by Crippen LogP contribution is 2.20. The molecule has 1 aromatic carbocycles. The molecule has 0 aliphatic heterocycles. The number of nitrogens with zero attached hydrogens (tertiary/aromatic N) is 1. The SMILES string of the molecule is COCCOc1ccc(CNC(=O)C(Cc2c[nH]c3ccccc23)NC(=O)c2cccs2)cn1. The first-order chi connectivity index (χ1) is 16.6. The fourth-order valence-corrected chi connectivity index (χ4v) is 4.14. The van der Waals surface area contributed by atoms with Crippen LogP contribution in [0, 0.1) is 0 Å². The zero-order chi connectivity index (χ0) is 23.8. The van der Waals surface area contributed by atoms with E-state index in [2.05, 4.69) is 20.6 Å². The summed E-state index contributed by atoms with van der Waals surface area (Å²) in [6.45, 7) is 1.18. The van der Waals surface area contributed by atoms with Gasteiger partial charge in [0.2, 0.25) is 11.8 Å². The van der Waals surface area contributed by atoms with Crippen molar-refractivity contribution in [2.75, 3.05) is 20.3 Å². The summed E-state index contributed by atoms with van der Waals surface area (Å²) >= 11 is 1.34. The summed E-state index contributed by atoms with van der Waals surface area (Å²) in [4.78, 5) is 33.9. The largest absolute Gasteiger partial charge is 0.475 e. The van der Waals surface area contributed by atoms with Crippen molar-refractivity contribution >= 4 is 34.1 Å². The van der Waals surface area contributed by atoms with Gasteiger partial charge in [0.25, 0.3) is 5.91 Å². The number of aromatic nitrogens is 2. The summed E-state index contributed by atoms with van der Waals surface area (Å²) in [5, 5.41) is 8.67. The van der Waals surface area contributed by atoms with Crippen molar-refractivity contribution in [2.45, 2.75) is 19.0 Å². The second-order valence-corrected chi connectivity index (χ2v) is 8.58. The van der Waals surface area contributed by atoms with Gasteiger partial charge in [-0.15, -0.1) is 11.3 Å². The van der Waals surface area contributed by atoms with Crippen LogP contribution in [0.1, 0.15) is 20.8 Å². The number of amides is 2. The second kappa shape index (κ2) is 11.4. The summed E-state index contributed by atoms with van der Waals surface area (Å²) in [7, 11) is 1.61. The zero-order valence-corrected chi connectivity index (χ0v) is 19.6. The zero-order valence-electron chi connectivity index (χ0n) is 18.7. The Morgan fingerprint density at radius 3 is 2.76 bits per heavy atom. The van der Waals surface area contributed by atoms with Gasteiger partial charge in [0.05, 0.1) is 11.5 Å². The van der Waals surface area contributed by atoms with Crippen LogP contribution in [0.15, 0.2) is 66.3 Å². The Morgan fingerprint density at radius 2 is 2.00 bits per heavy atom. The van der Waals surface area contributed by atoms with Gasteiger partial charge in [0.15, 0.2) is 0 Å². The normalized spacial score (nSPS) is 11.8. The van der Waals surface area contributed by atoms with E-state index in [4.69, 9.17) is 9.47 Å². The van der Waals surface area contributed by atoms with Crippen LogP contribution in [0.25, 0.3) is 10.9 Å². The standard InChI is InChI=1S/C25H26N4O4S/c1-32-10-11-33-23-9-8-17(14-27-23)15-28-24(30)21(29-25(31)22-7-4-12-34-22)13-18-16-26-20-6-3-2-5-19(18)20/h2-9,12,14,16,21,26H,10-11,13,15H2,1H3,(H,28,30)(H,29,31). The minimum atomic E-state index is -0.738. The second-order valence-electron chi connectivity index (χ2n) is 7.63. The first-order valence-electron chi connectivity index (χ1n) is 10.9. The number of methoxy groups -OCH3 is 1. The Morgan fingerprint density at radius 1 is 1.12 bits per heavy atom. The molecule has 0 bridgehead atoms. The Labute approximate surface area is 201 Å². The number of nitrogens with one attached hydrogen (secondary N) is 3. The van der Waals surface area contributed by atoms with Crippen LogP contribution in [0.3, 0.4) is 0 Å². The first-order valence-corrected chi connectivity index (χ1v) is 11.8. The van der Waals surface area contributed by atoms with Crippen molar-refractivity contribution in [1.29, 1.82) is 0 Å². The van der Waals surface area contributed by atoms with Crippen LogP contribution >= 0.6 is 11.3 Å². The molecule has 0 saturated heterocycles. The number of pyridine rings is 1. The molecule has 0 saturated carbocycles. The summed E-state index contributed by atoms with van der Waals surface area (Å²) in [6, 6.07) is 14.3. The number of aromatic amines is 1. The van der Waals surface area contributed by atoms with Gasteiger partial charge in [-0.3, -0.25) is 9.59 Å². The maximum atomic E-state index is 13.1. The summed E-state index contributed by atoms with van der Waals surface area (Å²) in [5.74, 6) is -0.0441. The van der Waals surface area contributed by atoms with E-state index in [-0.39, 0.29) is 18.4 Å². The van der Waals surface area contributed by atoms with Crippen molar-refractivity contribution in [3.05, 3.63) is 82.3 Å². The van der Waals surface area contributed by atoms with Crippen molar-refractivity contribution < 1.29 is 19.1 Å². The third kappa shape index (κ3) is 6.00. The molecular formula is C25H26N4O4S. The molecule has 3 heterocycles. The van der Waals surface area contributed by atoms with Gasteiger partial charge in [-0.25, -0.2) is 4.98 Å². The average Bonchev–Trinajstić information content (AvgIpc) is 3.54. The number of benzene rings is 1. The van der Waals surface area contributed by atoms with E-state index < -0.39 is 6.04 Å². The van der Waals surface area contributed by atoms with Crippen LogP contribution < -0.4 is 15.4 Å². The summed E-state index contributed by atoms with van der Waals surface area (Å²) in [6.07, 6.45) is 3.90. The van der Waals surface area contributed by atoms with Crippen molar-refractivity contribution in [3.8, 4) is 5.88 Å². The molecule has 2 amide bonds. The van der Waals surface area contributed by atoms with Gasteiger partial charge in [0, 0.05) is 49.4 Å². The Hall–Kier alpha value is -3.69. The fraction of sp³-hybridized carbons (Fsp3) is 0.240. The van der Waals surface area contributed by atoms with Gasteiger partial charge in [-0.1, -0.05) is 30.3 Å². The number of ether oxygens (including phenoxy) is 2. The monoisotopic (exact) mass is 478 g/mol. The molecule has 4 aromatic rings. The molecule has 34 heavy (non-hydrogen) atoms. The van der Waals surface area contributed by atoms with E-state index >= 15 is 0 Å². The molecule has 9 heteroatoms. The number of H-pyrrole nitrogens is 1. The molecule has 176 valence electrons. The molecule has 8 nitrogen and oxygen atoms in total. The molecular weight excluding hydrogens is 452 g/mol. The van der Waals surface area contributed by atoms with E-state index in [1.807, 2.05) is 48.0 Å². The lowest BCUT2D eigenvalue weighted by Gasteiger charge is -2.18. The van der Waals surface area contributed by atoms with Gasteiger partial charge in [-0.2, -0.15) is 0 Å². The lowest BCUT2D eigenvalue weighted by molar-refractivity contribution is -0.123. The predicted octanol–water partition coefficient (Wildman–Crippen LogP) is 3.31. The van der Waals surface area contributed by atoms with Crippen LogP contribution in [0.5, 0.6) is 5.88 Å². The lowest BCUT2D eigenvalue weighted by atomic mass is 10.0. The Kier molecular flexibility index (Phi) is 7.90. The van der Waals surface area contributed by atoms with Gasteiger partial charge in [0.1, 0.15) is 12.6 Å². The number of fused-ring (bicyclic) bond motifs is 1. The quantitative estimate of drug-likeness (QED) is 0.287. The number of carbonyl (C=O) groups is 2. The minimum absolute atomic E-state index is 0.268. The average molecular weight is 479 g/mol. The number of para-hydroxylation sites is 1. The number of rotatable bonds is 11. The van der Waals surface area contributed by atoms with Crippen LogP contribution in [0.4, 0.5) is 0 Å². The maximum absolute atomic E-state index is 13.1. The molecule has 1 atom stereocenters. The van der Waals surface area contributed by atoms with Crippen molar-refractivity contribution in [2.24, 2.45) is 0 Å². The molecule has 4 rings (SSSR count). The van der Waals surface area contributed by atoms with Gasteiger partial charge >= 0.3 is 0 Å². The number of thiophene rings is 1. The summed E-state index contributed by atoms with van der Waals surface area (Å²) < 4.78 is 10.4. The first kappa shape index (κ1) is 23.5. The van der Waals surface area contributed by atoms with Crippen LogP contribution in [-0.4, -0.2) is 48.1 Å². The maximum Gasteiger partial charge on any atom is 0.262 e. The minimum Gasteiger partial charge on any atom is -0.475 e. The number of hydrogen-bond donors (Lipinski definition) is 3. The topological polar surface area (TPSA) is 105 Å². The van der Waals surface area contributed by atoms with Crippen molar-refractivity contribution in [3.63, 3.8) is 0 Å². The fourth-order valence-electron chi connectivity index (χ4n) is 3.51. The van der Waals surface area contributed by atoms with E-state index in [1.165, 1.54) is 11.3 Å². The number of carbonyl (C=O) groups excluding carboxylic acids is 2. The highest BCUT2D eigenvalue weighted by molar-refractivity contribution is 7.12. The molecule has 0 aliphatic carbocycles. The van der Waals surface area contributed by atoms with E-state index in [0.29, 0.717) is 30.4 Å². The van der Waals surface area contributed by atoms with E-state index in [1.54, 1.807) is 25.4 Å². The van der Waals surface area contributed by atoms with Crippen molar-refractivity contribution in [1.82, 2.24) is 20.6 Å². The lowest BCUT2D eigenvalue weighted by Crippen LogP contribution is -2.47. The van der Waals surface area contributed by atoms with E-state index in [9.17, 15) is 9.59 Å². The number of hydrogen-bond acceptors (Lipinski definition) is 6. The third-order valence-corrected chi connectivity index (χ3v) is 6.14. The molecule has 3 aromatic heterocycles. The Bertz CT molecular complexity index is 1220. The Balaban J connectivity index is 1.43. The predicted molar refractivity (Wildman–Crippen MR) is 131 cm³/mol. The highest BCUT2D eigenvalue weighted by atomic mass is 32.1. The van der Waals surface area contributed by atoms with Crippen LogP contribution in [0.2, 0.25) is 0 Å². The molecule has 0 radical (unpaired) electrons. The molecule has 0 spiro atoms. The van der Waals surface area contributed by atoms with Gasteiger partial charge in [-0.05, 0) is 28.6 Å². The smallest absolute Gasteiger partial charge is 0.262 e. The molecule has 0 fully saturated rings. The summed E-state index contributed by atoms with van der Waals surface area (Å²) in [5.41, 5.74) is 2.77. The molecule has 3 N–H and O–H groups in total. The molecule has 0 aliphatic rings. The van der Waals surface area contributed by atoms with Gasteiger partial charge < -0.3 is 25.1 Å². The molecule has 1 unspecified atom stereocenters. The third-order valence-electron chi connectivity index (χ3n) is 5.27. The van der Waals surface area contributed by atoms with E-state index in [0.717, 1.165) is 22.0 Å². The van der Waals surface area contributed by atoms with Crippen LogP contribution in [-0.2, 0) is 22.5 Å². The highest BCUT2D eigenvalue weighted by Gasteiger charge is 2.23.